The molecule has 0 aliphatic heterocycles. The van der Waals surface area contributed by atoms with Gasteiger partial charge in [-0.15, -0.1) is 11.3 Å². The highest BCUT2D eigenvalue weighted by molar-refractivity contribution is 7.13. The zero-order valence-electron chi connectivity index (χ0n) is 7.67. The molecular weight excluding hydrogens is 200 g/mol. The number of hydrogen-bond acceptors (Lipinski definition) is 6. The van der Waals surface area contributed by atoms with E-state index in [1.165, 1.54) is 11.3 Å². The smallest absolute Gasteiger partial charge is 0.269 e. The van der Waals surface area contributed by atoms with Crippen LogP contribution >= 0.6 is 11.3 Å². The number of nitrogens with zero attached hydrogens (tertiary/aromatic N) is 3. The molecule has 2 aromatic heterocycles. The van der Waals surface area contributed by atoms with E-state index in [0.717, 1.165) is 11.3 Å². The predicted molar refractivity (Wildman–Crippen MR) is 52.6 cm³/mol. The van der Waals surface area contributed by atoms with Crippen LogP contribution in [0.5, 0.6) is 0 Å². The van der Waals surface area contributed by atoms with Crippen molar-refractivity contribution in [3.05, 3.63) is 17.5 Å². The van der Waals surface area contributed by atoms with Crippen molar-refractivity contribution in [3.8, 4) is 10.8 Å². The Bertz CT molecular complexity index is 397. The first kappa shape index (κ1) is 9.29. The van der Waals surface area contributed by atoms with Gasteiger partial charge in [0, 0.05) is 0 Å². The second-order valence-electron chi connectivity index (χ2n) is 2.84. The van der Waals surface area contributed by atoms with E-state index in [4.69, 9.17) is 10.3 Å². The molecule has 0 radical (unpaired) electrons. The third-order valence-electron chi connectivity index (χ3n) is 1.86. The third kappa shape index (κ3) is 1.66. The zero-order chi connectivity index (χ0) is 9.97. The summed E-state index contributed by atoms with van der Waals surface area (Å²) in [5, 5.41) is 3.81. The van der Waals surface area contributed by atoms with E-state index >= 15 is 0 Å². The molecule has 2 heterocycles. The van der Waals surface area contributed by atoms with Crippen LogP contribution in [0.4, 0.5) is 0 Å². The summed E-state index contributed by atoms with van der Waals surface area (Å²) in [6.07, 6.45) is 2.49. The minimum Gasteiger partial charge on any atom is -0.333 e. The summed E-state index contributed by atoms with van der Waals surface area (Å²) in [6.45, 7) is 1.98. The Morgan fingerprint density at radius 3 is 3.14 bits per heavy atom. The number of hydrogen-bond donors (Lipinski definition) is 1. The topological polar surface area (TPSA) is 77.8 Å². The molecule has 5 nitrogen and oxygen atoms in total. The molecule has 2 aromatic rings. The van der Waals surface area contributed by atoms with Gasteiger partial charge in [-0.2, -0.15) is 4.98 Å². The Balaban J connectivity index is 2.26. The molecule has 0 saturated heterocycles. The Labute approximate surface area is 85.0 Å². The van der Waals surface area contributed by atoms with Crippen LogP contribution in [0.2, 0.25) is 0 Å². The van der Waals surface area contributed by atoms with E-state index in [1.807, 2.05) is 6.92 Å². The molecule has 14 heavy (non-hydrogen) atoms. The van der Waals surface area contributed by atoms with Crippen LogP contribution in [0, 0.1) is 0 Å². The fourth-order valence-corrected chi connectivity index (χ4v) is 1.53. The van der Waals surface area contributed by atoms with E-state index in [9.17, 15) is 0 Å². The molecule has 0 aliphatic carbocycles. The lowest BCUT2D eigenvalue weighted by atomic mass is 10.2. The first-order valence-electron chi connectivity index (χ1n) is 4.29. The molecule has 0 fully saturated rings. The zero-order valence-corrected chi connectivity index (χ0v) is 8.49. The van der Waals surface area contributed by atoms with Crippen LogP contribution in [-0.4, -0.2) is 15.1 Å². The summed E-state index contributed by atoms with van der Waals surface area (Å²) in [4.78, 5) is 8.99. The second-order valence-corrected chi connectivity index (χ2v) is 3.72. The van der Waals surface area contributed by atoms with Crippen molar-refractivity contribution in [2.45, 2.75) is 19.4 Å². The van der Waals surface area contributed by atoms with Crippen molar-refractivity contribution in [2.75, 3.05) is 0 Å². The van der Waals surface area contributed by atoms with Gasteiger partial charge in [-0.3, -0.25) is 4.98 Å². The largest absolute Gasteiger partial charge is 0.333 e. The van der Waals surface area contributed by atoms with Crippen LogP contribution in [0.3, 0.4) is 0 Å². The molecule has 0 aliphatic rings. The van der Waals surface area contributed by atoms with Crippen LogP contribution < -0.4 is 5.73 Å². The Morgan fingerprint density at radius 2 is 2.50 bits per heavy atom. The van der Waals surface area contributed by atoms with E-state index in [-0.39, 0.29) is 6.04 Å². The van der Waals surface area contributed by atoms with Gasteiger partial charge in [-0.25, -0.2) is 0 Å². The predicted octanol–water partition coefficient (Wildman–Crippen LogP) is 1.60. The molecule has 74 valence electrons. The molecule has 1 atom stereocenters. The quantitative estimate of drug-likeness (QED) is 0.832. The summed E-state index contributed by atoms with van der Waals surface area (Å²) >= 11 is 1.46. The average Bonchev–Trinajstić information content (AvgIpc) is 2.86. The van der Waals surface area contributed by atoms with Gasteiger partial charge in [0.1, 0.15) is 4.88 Å². The Morgan fingerprint density at radius 1 is 1.64 bits per heavy atom. The SMILES string of the molecule is CCC(N)c1noc(-c2cncs2)n1. The Kier molecular flexibility index (Phi) is 2.55. The van der Waals surface area contributed by atoms with Crippen molar-refractivity contribution in [2.24, 2.45) is 5.73 Å². The number of aromatic nitrogens is 3. The summed E-state index contributed by atoms with van der Waals surface area (Å²) < 4.78 is 5.06. The van der Waals surface area contributed by atoms with E-state index in [1.54, 1.807) is 11.7 Å². The van der Waals surface area contributed by atoms with Crippen LogP contribution in [0.15, 0.2) is 16.2 Å². The maximum Gasteiger partial charge on any atom is 0.269 e. The molecule has 1 unspecified atom stereocenters. The first-order chi connectivity index (χ1) is 6.81. The lowest BCUT2D eigenvalue weighted by Gasteiger charge is -1.98. The van der Waals surface area contributed by atoms with Gasteiger partial charge in [-0.05, 0) is 6.42 Å². The fourth-order valence-electron chi connectivity index (χ4n) is 0.990. The summed E-state index contributed by atoms with van der Waals surface area (Å²) in [5.41, 5.74) is 7.48. The minimum atomic E-state index is -0.152. The van der Waals surface area contributed by atoms with Gasteiger partial charge in [0.05, 0.1) is 17.7 Å². The molecule has 2 N–H and O–H groups in total. The maximum atomic E-state index is 5.76. The van der Waals surface area contributed by atoms with Crippen molar-refractivity contribution in [3.63, 3.8) is 0 Å². The van der Waals surface area contributed by atoms with Crippen LogP contribution in [0.25, 0.3) is 10.8 Å². The fraction of sp³-hybridized carbons (Fsp3) is 0.375. The minimum absolute atomic E-state index is 0.152. The van der Waals surface area contributed by atoms with Gasteiger partial charge in [0.15, 0.2) is 5.82 Å². The number of thiazole rings is 1. The molecule has 2 rings (SSSR count). The summed E-state index contributed by atoms with van der Waals surface area (Å²) in [6, 6.07) is -0.152. The van der Waals surface area contributed by atoms with Crippen LogP contribution in [-0.2, 0) is 0 Å². The lowest BCUT2D eigenvalue weighted by Crippen LogP contribution is -2.10. The molecule has 0 spiro atoms. The van der Waals surface area contributed by atoms with Gasteiger partial charge in [0.2, 0.25) is 0 Å². The van der Waals surface area contributed by atoms with Crippen LogP contribution in [0.1, 0.15) is 25.2 Å². The monoisotopic (exact) mass is 210 g/mol. The highest BCUT2D eigenvalue weighted by Gasteiger charge is 2.14. The van der Waals surface area contributed by atoms with Gasteiger partial charge >= 0.3 is 0 Å². The van der Waals surface area contributed by atoms with Crippen molar-refractivity contribution in [1.29, 1.82) is 0 Å². The molecule has 0 bridgehead atoms. The average molecular weight is 210 g/mol. The number of rotatable bonds is 3. The van der Waals surface area contributed by atoms with Crippen molar-refractivity contribution in [1.82, 2.24) is 15.1 Å². The summed E-state index contributed by atoms with van der Waals surface area (Å²) in [5.74, 6) is 1.04. The third-order valence-corrected chi connectivity index (χ3v) is 2.62. The highest BCUT2D eigenvalue weighted by atomic mass is 32.1. The molecule has 0 amide bonds. The molecule has 0 saturated carbocycles. The summed E-state index contributed by atoms with van der Waals surface area (Å²) in [7, 11) is 0. The normalized spacial score (nSPS) is 13.0. The number of nitrogens with two attached hydrogens (primary N) is 1. The van der Waals surface area contributed by atoms with Gasteiger partial charge in [-0.1, -0.05) is 12.1 Å². The van der Waals surface area contributed by atoms with E-state index < -0.39 is 0 Å². The van der Waals surface area contributed by atoms with E-state index in [2.05, 4.69) is 15.1 Å². The highest BCUT2D eigenvalue weighted by Crippen LogP contribution is 2.22. The molecule has 0 aromatic carbocycles. The van der Waals surface area contributed by atoms with E-state index in [0.29, 0.717) is 11.7 Å². The maximum absolute atomic E-state index is 5.76. The van der Waals surface area contributed by atoms with Gasteiger partial charge < -0.3 is 10.3 Å². The molecule has 6 heteroatoms. The van der Waals surface area contributed by atoms with Crippen molar-refractivity contribution >= 4 is 11.3 Å². The first-order valence-corrected chi connectivity index (χ1v) is 5.17. The second kappa shape index (κ2) is 3.85. The Hall–Kier alpha value is -1.27. The lowest BCUT2D eigenvalue weighted by molar-refractivity contribution is 0.415. The standard InChI is InChI=1S/C8H10N4OS/c1-2-5(9)7-11-8(13-12-7)6-3-10-4-14-6/h3-5H,2,9H2,1H3. The van der Waals surface area contributed by atoms with Gasteiger partial charge in [0.25, 0.3) is 5.89 Å². The van der Waals surface area contributed by atoms with Crippen molar-refractivity contribution < 1.29 is 4.52 Å². The molecular formula is C8H10N4OS.